The van der Waals surface area contributed by atoms with Crippen molar-refractivity contribution in [3.8, 4) is 11.5 Å². The molecule has 0 saturated heterocycles. The van der Waals surface area contributed by atoms with Crippen molar-refractivity contribution in [3.05, 3.63) is 40.8 Å². The van der Waals surface area contributed by atoms with Crippen LogP contribution in [0.4, 0.5) is 0 Å². The number of hydrogen-bond donors (Lipinski definition) is 1. The summed E-state index contributed by atoms with van der Waals surface area (Å²) in [5, 5.41) is 9.76. The molecule has 0 aromatic carbocycles. The zero-order valence-electron chi connectivity index (χ0n) is 10.1. The third-order valence-corrected chi connectivity index (χ3v) is 2.89. The van der Waals surface area contributed by atoms with Crippen LogP contribution in [-0.4, -0.2) is 20.1 Å². The standard InChI is InChI=1S/C13H14ClN3O/c1-2-4-11-9(8-18)7-16-13(17-11)12-10(14)5-3-6-15-12/h3,5-7,18H,2,4,8H2,1H3. The summed E-state index contributed by atoms with van der Waals surface area (Å²) in [5.74, 6) is 0.501. The van der Waals surface area contributed by atoms with Crippen LogP contribution in [0.2, 0.25) is 5.02 Å². The first-order valence-electron chi connectivity index (χ1n) is 5.82. The number of aryl methyl sites for hydroxylation is 1. The van der Waals surface area contributed by atoms with Crippen molar-refractivity contribution in [3.63, 3.8) is 0 Å². The second-order valence-electron chi connectivity index (χ2n) is 3.91. The van der Waals surface area contributed by atoms with Crippen LogP contribution in [0, 0.1) is 0 Å². The van der Waals surface area contributed by atoms with E-state index < -0.39 is 0 Å². The molecule has 1 N–H and O–H groups in total. The molecule has 94 valence electrons. The summed E-state index contributed by atoms with van der Waals surface area (Å²) in [5.41, 5.74) is 2.18. The number of halogens is 1. The van der Waals surface area contributed by atoms with Crippen LogP contribution in [0.1, 0.15) is 24.6 Å². The van der Waals surface area contributed by atoms with Crippen molar-refractivity contribution in [2.75, 3.05) is 0 Å². The Kier molecular flexibility index (Phi) is 4.23. The molecule has 2 rings (SSSR count). The maximum Gasteiger partial charge on any atom is 0.179 e. The fourth-order valence-corrected chi connectivity index (χ4v) is 1.90. The van der Waals surface area contributed by atoms with E-state index in [0.717, 1.165) is 24.1 Å². The van der Waals surface area contributed by atoms with Crippen LogP contribution in [-0.2, 0) is 13.0 Å². The molecule has 18 heavy (non-hydrogen) atoms. The van der Waals surface area contributed by atoms with E-state index in [-0.39, 0.29) is 6.61 Å². The number of hydrogen-bond acceptors (Lipinski definition) is 4. The van der Waals surface area contributed by atoms with Gasteiger partial charge in [0, 0.05) is 18.0 Å². The molecule has 5 heteroatoms. The SMILES string of the molecule is CCCc1nc(-c2ncccc2Cl)ncc1CO. The molecule has 0 saturated carbocycles. The molecule has 2 aromatic heterocycles. The third-order valence-electron chi connectivity index (χ3n) is 2.58. The highest BCUT2D eigenvalue weighted by atomic mass is 35.5. The van der Waals surface area contributed by atoms with Gasteiger partial charge in [0.05, 0.1) is 17.3 Å². The minimum Gasteiger partial charge on any atom is -0.392 e. The predicted octanol–water partition coefficient (Wildman–Crippen LogP) is 2.64. The highest BCUT2D eigenvalue weighted by Crippen LogP contribution is 2.22. The molecule has 0 aliphatic rings. The first-order chi connectivity index (χ1) is 8.76. The summed E-state index contributed by atoms with van der Waals surface area (Å²) in [7, 11) is 0. The van der Waals surface area contributed by atoms with E-state index in [1.807, 2.05) is 0 Å². The van der Waals surface area contributed by atoms with Gasteiger partial charge in [0.25, 0.3) is 0 Å². The van der Waals surface area contributed by atoms with Gasteiger partial charge in [0.15, 0.2) is 5.82 Å². The smallest absolute Gasteiger partial charge is 0.179 e. The Morgan fingerprint density at radius 1 is 1.33 bits per heavy atom. The molecule has 0 unspecified atom stereocenters. The third kappa shape index (κ3) is 2.66. The molecule has 4 nitrogen and oxygen atoms in total. The Hall–Kier alpha value is -1.52. The maximum atomic E-state index is 9.24. The molecule has 0 aliphatic carbocycles. The van der Waals surface area contributed by atoms with Crippen molar-refractivity contribution in [1.82, 2.24) is 15.0 Å². The lowest BCUT2D eigenvalue weighted by Gasteiger charge is -2.07. The normalized spacial score (nSPS) is 10.6. The van der Waals surface area contributed by atoms with Gasteiger partial charge in [-0.2, -0.15) is 0 Å². The summed E-state index contributed by atoms with van der Waals surface area (Å²) in [6.07, 6.45) is 5.05. The summed E-state index contributed by atoms with van der Waals surface area (Å²) < 4.78 is 0. The Bertz CT molecular complexity index is 546. The second-order valence-corrected chi connectivity index (χ2v) is 4.31. The summed E-state index contributed by atoms with van der Waals surface area (Å²) in [6, 6.07) is 3.52. The van der Waals surface area contributed by atoms with E-state index in [4.69, 9.17) is 11.6 Å². The molecule has 0 fully saturated rings. The van der Waals surface area contributed by atoms with Gasteiger partial charge in [-0.3, -0.25) is 4.98 Å². The maximum absolute atomic E-state index is 9.24. The number of pyridine rings is 1. The van der Waals surface area contributed by atoms with Crippen LogP contribution in [0.25, 0.3) is 11.5 Å². The van der Waals surface area contributed by atoms with Gasteiger partial charge in [-0.05, 0) is 18.6 Å². The minimum atomic E-state index is -0.0500. The zero-order chi connectivity index (χ0) is 13.0. The summed E-state index contributed by atoms with van der Waals surface area (Å²) in [4.78, 5) is 12.8. The molecule has 0 atom stereocenters. The number of rotatable bonds is 4. The zero-order valence-corrected chi connectivity index (χ0v) is 10.9. The highest BCUT2D eigenvalue weighted by molar-refractivity contribution is 6.32. The van der Waals surface area contributed by atoms with Gasteiger partial charge < -0.3 is 5.11 Å². The molecule has 2 heterocycles. The van der Waals surface area contributed by atoms with Crippen LogP contribution in [0.5, 0.6) is 0 Å². The second kappa shape index (κ2) is 5.89. The highest BCUT2D eigenvalue weighted by Gasteiger charge is 2.11. The lowest BCUT2D eigenvalue weighted by Crippen LogP contribution is -2.02. The van der Waals surface area contributed by atoms with Gasteiger partial charge in [-0.15, -0.1) is 0 Å². The van der Waals surface area contributed by atoms with E-state index in [1.165, 1.54) is 0 Å². The first-order valence-corrected chi connectivity index (χ1v) is 6.20. The van der Waals surface area contributed by atoms with E-state index >= 15 is 0 Å². The fraction of sp³-hybridized carbons (Fsp3) is 0.308. The van der Waals surface area contributed by atoms with Crippen molar-refractivity contribution in [2.45, 2.75) is 26.4 Å². The molecule has 0 amide bonds. The summed E-state index contributed by atoms with van der Waals surface area (Å²) in [6.45, 7) is 2.02. The van der Waals surface area contributed by atoms with Gasteiger partial charge in [-0.25, -0.2) is 9.97 Å². The average molecular weight is 264 g/mol. The predicted molar refractivity (Wildman–Crippen MR) is 70.2 cm³/mol. The molecule has 0 aliphatic heterocycles. The number of aromatic nitrogens is 3. The van der Waals surface area contributed by atoms with Crippen LogP contribution < -0.4 is 0 Å². The average Bonchev–Trinajstić information content (AvgIpc) is 2.40. The Morgan fingerprint density at radius 3 is 2.83 bits per heavy atom. The topological polar surface area (TPSA) is 58.9 Å². The first kappa shape index (κ1) is 12.9. The summed E-state index contributed by atoms with van der Waals surface area (Å²) >= 11 is 6.07. The minimum absolute atomic E-state index is 0.0500. The lowest BCUT2D eigenvalue weighted by molar-refractivity contribution is 0.279. The largest absolute Gasteiger partial charge is 0.392 e. The lowest BCUT2D eigenvalue weighted by atomic mass is 10.1. The Morgan fingerprint density at radius 2 is 2.17 bits per heavy atom. The molecule has 0 bridgehead atoms. The molecule has 0 radical (unpaired) electrons. The number of aliphatic hydroxyl groups is 1. The van der Waals surface area contributed by atoms with Gasteiger partial charge in [0.1, 0.15) is 5.69 Å². The van der Waals surface area contributed by atoms with E-state index in [9.17, 15) is 5.11 Å². The van der Waals surface area contributed by atoms with E-state index in [0.29, 0.717) is 16.5 Å². The van der Waals surface area contributed by atoms with Gasteiger partial charge >= 0.3 is 0 Å². The van der Waals surface area contributed by atoms with Gasteiger partial charge in [-0.1, -0.05) is 24.9 Å². The van der Waals surface area contributed by atoms with E-state index in [1.54, 1.807) is 24.5 Å². The number of aliphatic hydroxyl groups excluding tert-OH is 1. The van der Waals surface area contributed by atoms with Crippen molar-refractivity contribution >= 4 is 11.6 Å². The van der Waals surface area contributed by atoms with Crippen molar-refractivity contribution < 1.29 is 5.11 Å². The molecule has 0 spiro atoms. The number of nitrogens with zero attached hydrogens (tertiary/aromatic N) is 3. The van der Waals surface area contributed by atoms with Gasteiger partial charge in [0.2, 0.25) is 0 Å². The molecular weight excluding hydrogens is 250 g/mol. The van der Waals surface area contributed by atoms with Crippen molar-refractivity contribution in [2.24, 2.45) is 0 Å². The Balaban J connectivity index is 2.47. The fourth-order valence-electron chi connectivity index (χ4n) is 1.69. The van der Waals surface area contributed by atoms with Crippen molar-refractivity contribution in [1.29, 1.82) is 0 Å². The van der Waals surface area contributed by atoms with Crippen LogP contribution in [0.3, 0.4) is 0 Å². The quantitative estimate of drug-likeness (QED) is 0.921. The Labute approximate surface area is 111 Å². The van der Waals surface area contributed by atoms with Crippen LogP contribution in [0.15, 0.2) is 24.5 Å². The van der Waals surface area contributed by atoms with Crippen LogP contribution >= 0.6 is 11.6 Å². The molecular formula is C13H14ClN3O. The monoisotopic (exact) mass is 263 g/mol. The molecule has 2 aromatic rings. The van der Waals surface area contributed by atoms with E-state index in [2.05, 4.69) is 21.9 Å².